The third kappa shape index (κ3) is 8.62. The van der Waals surface area contributed by atoms with E-state index in [-0.39, 0.29) is 35.8 Å². The summed E-state index contributed by atoms with van der Waals surface area (Å²) >= 11 is 0. The Bertz CT molecular complexity index is 717. The zero-order chi connectivity index (χ0) is 19.9. The lowest BCUT2D eigenvalue weighted by Crippen LogP contribution is -2.41. The van der Waals surface area contributed by atoms with Crippen molar-refractivity contribution < 1.29 is 13.2 Å². The van der Waals surface area contributed by atoms with Crippen LogP contribution in [0.1, 0.15) is 31.4 Å². The maximum atomic E-state index is 12.0. The van der Waals surface area contributed by atoms with Gasteiger partial charge in [0.05, 0.1) is 12.4 Å². The van der Waals surface area contributed by atoms with E-state index in [4.69, 9.17) is 4.74 Å². The molecule has 1 heterocycles. The molecule has 1 fully saturated rings. The van der Waals surface area contributed by atoms with Gasteiger partial charge in [0.2, 0.25) is 10.0 Å². The van der Waals surface area contributed by atoms with Crippen LogP contribution in [0.5, 0.6) is 0 Å². The number of ether oxygens (including phenoxy) is 1. The molecule has 0 saturated carbocycles. The Balaban J connectivity index is 0.00000392. The van der Waals surface area contributed by atoms with Gasteiger partial charge in [0.25, 0.3) is 0 Å². The quantitative estimate of drug-likeness (QED) is 0.310. The first-order valence-electron chi connectivity index (χ1n) is 9.36. The summed E-state index contributed by atoms with van der Waals surface area (Å²) in [6.45, 7) is 6.84. The molecule has 1 aromatic carbocycles. The molecular weight excluding hydrogens is 491 g/mol. The van der Waals surface area contributed by atoms with Crippen molar-refractivity contribution in [2.24, 2.45) is 10.9 Å². The zero-order valence-electron chi connectivity index (χ0n) is 17.1. The molecule has 1 atom stereocenters. The highest BCUT2D eigenvalue weighted by molar-refractivity contribution is 14.0. The van der Waals surface area contributed by atoms with Crippen LogP contribution in [-0.2, 0) is 27.1 Å². The van der Waals surface area contributed by atoms with Crippen molar-refractivity contribution in [2.45, 2.75) is 38.6 Å². The average Bonchev–Trinajstić information content (AvgIpc) is 3.08. The van der Waals surface area contributed by atoms with Crippen LogP contribution in [0.15, 0.2) is 29.3 Å². The fraction of sp³-hybridized carbons (Fsp3) is 0.632. The van der Waals surface area contributed by atoms with Gasteiger partial charge in [0, 0.05) is 45.8 Å². The highest BCUT2D eigenvalue weighted by atomic mass is 127. The molecule has 2 rings (SSSR count). The first kappa shape index (κ1) is 25.1. The lowest BCUT2D eigenvalue weighted by molar-refractivity contribution is 0.181. The van der Waals surface area contributed by atoms with Crippen LogP contribution in [0.3, 0.4) is 0 Å². The fourth-order valence-corrected chi connectivity index (χ4v) is 4.57. The van der Waals surface area contributed by atoms with Crippen LogP contribution >= 0.6 is 24.0 Å². The summed E-state index contributed by atoms with van der Waals surface area (Å²) in [5.41, 5.74) is 1.85. The van der Waals surface area contributed by atoms with E-state index < -0.39 is 10.0 Å². The standard InChI is InChI=1S/C19H32N4O3S.HI/c1-15(2)22-27(24,25)14-17-7-5-16(6-8-17)11-21-19(20-3)23(4)12-18-9-10-26-13-18;/h5-8,15,18,22H,9-14H2,1-4H3,(H,20,21);1H. The van der Waals surface area contributed by atoms with Crippen LogP contribution in [0.4, 0.5) is 0 Å². The molecule has 1 aliphatic rings. The van der Waals surface area contributed by atoms with E-state index in [9.17, 15) is 8.42 Å². The molecule has 1 aromatic rings. The van der Waals surface area contributed by atoms with Crippen molar-refractivity contribution in [3.63, 3.8) is 0 Å². The van der Waals surface area contributed by atoms with Crippen molar-refractivity contribution in [3.05, 3.63) is 35.4 Å². The molecule has 28 heavy (non-hydrogen) atoms. The Morgan fingerprint density at radius 1 is 1.29 bits per heavy atom. The number of hydrogen-bond donors (Lipinski definition) is 2. The molecule has 0 amide bonds. The number of nitrogens with zero attached hydrogens (tertiary/aromatic N) is 2. The number of guanidine groups is 1. The van der Waals surface area contributed by atoms with Crippen molar-refractivity contribution >= 4 is 40.0 Å². The van der Waals surface area contributed by atoms with E-state index in [2.05, 4.69) is 19.9 Å². The number of benzene rings is 1. The molecule has 7 nitrogen and oxygen atoms in total. The van der Waals surface area contributed by atoms with Crippen LogP contribution in [0.2, 0.25) is 0 Å². The van der Waals surface area contributed by atoms with Gasteiger partial charge in [0.1, 0.15) is 0 Å². The Labute approximate surface area is 186 Å². The van der Waals surface area contributed by atoms with Gasteiger partial charge in [-0.3, -0.25) is 4.99 Å². The summed E-state index contributed by atoms with van der Waals surface area (Å²) < 4.78 is 32.1. The molecule has 0 aliphatic carbocycles. The average molecular weight is 524 g/mol. The monoisotopic (exact) mass is 524 g/mol. The molecule has 0 bridgehead atoms. The predicted molar refractivity (Wildman–Crippen MR) is 125 cm³/mol. The van der Waals surface area contributed by atoms with Gasteiger partial charge >= 0.3 is 0 Å². The smallest absolute Gasteiger partial charge is 0.216 e. The highest BCUT2D eigenvalue weighted by Crippen LogP contribution is 2.13. The molecule has 1 unspecified atom stereocenters. The minimum atomic E-state index is -3.30. The second kappa shape index (κ2) is 11.9. The molecule has 2 N–H and O–H groups in total. The number of aliphatic imine (C=N–C) groups is 1. The first-order chi connectivity index (χ1) is 12.8. The number of rotatable bonds is 8. The van der Waals surface area contributed by atoms with Gasteiger partial charge in [-0.15, -0.1) is 24.0 Å². The maximum Gasteiger partial charge on any atom is 0.216 e. The van der Waals surface area contributed by atoms with Gasteiger partial charge < -0.3 is 15.0 Å². The fourth-order valence-electron chi connectivity index (χ4n) is 3.14. The van der Waals surface area contributed by atoms with Gasteiger partial charge in [-0.1, -0.05) is 24.3 Å². The van der Waals surface area contributed by atoms with Gasteiger partial charge in [-0.05, 0) is 31.4 Å². The summed E-state index contributed by atoms with van der Waals surface area (Å²) in [6.07, 6.45) is 1.09. The van der Waals surface area contributed by atoms with Crippen molar-refractivity contribution in [1.82, 2.24) is 14.9 Å². The number of sulfonamides is 1. The topological polar surface area (TPSA) is 83.0 Å². The Morgan fingerprint density at radius 2 is 1.93 bits per heavy atom. The number of nitrogens with one attached hydrogen (secondary N) is 2. The lowest BCUT2D eigenvalue weighted by atomic mass is 10.1. The van der Waals surface area contributed by atoms with Crippen molar-refractivity contribution in [3.8, 4) is 0 Å². The van der Waals surface area contributed by atoms with E-state index in [1.807, 2.05) is 45.2 Å². The van der Waals surface area contributed by atoms with Crippen molar-refractivity contribution in [2.75, 3.05) is 33.9 Å². The lowest BCUT2D eigenvalue weighted by Gasteiger charge is -2.24. The Hall–Kier alpha value is -0.910. The first-order valence-corrected chi connectivity index (χ1v) is 11.0. The molecule has 1 aliphatic heterocycles. The molecule has 0 radical (unpaired) electrons. The molecule has 0 spiro atoms. The van der Waals surface area contributed by atoms with Crippen LogP contribution in [0.25, 0.3) is 0 Å². The van der Waals surface area contributed by atoms with Gasteiger partial charge in [0.15, 0.2) is 5.96 Å². The maximum absolute atomic E-state index is 12.0. The molecule has 160 valence electrons. The van der Waals surface area contributed by atoms with E-state index >= 15 is 0 Å². The second-order valence-corrected chi connectivity index (χ2v) is 9.11. The molecular formula is C19H33IN4O3S. The Morgan fingerprint density at radius 3 is 2.46 bits per heavy atom. The van der Waals surface area contributed by atoms with E-state index in [1.54, 1.807) is 7.05 Å². The second-order valence-electron chi connectivity index (χ2n) is 7.36. The summed E-state index contributed by atoms with van der Waals surface area (Å²) in [6, 6.07) is 7.52. The number of halogens is 1. The SMILES string of the molecule is CN=C(NCc1ccc(CS(=O)(=O)NC(C)C)cc1)N(C)CC1CCOC1.I. The van der Waals surface area contributed by atoms with Crippen LogP contribution < -0.4 is 10.0 Å². The zero-order valence-corrected chi connectivity index (χ0v) is 20.3. The van der Waals surface area contributed by atoms with Gasteiger partial charge in [-0.2, -0.15) is 0 Å². The van der Waals surface area contributed by atoms with Crippen LogP contribution in [0, 0.1) is 5.92 Å². The predicted octanol–water partition coefficient (Wildman–Crippen LogP) is 2.18. The van der Waals surface area contributed by atoms with Crippen molar-refractivity contribution in [1.29, 1.82) is 0 Å². The summed E-state index contributed by atoms with van der Waals surface area (Å²) in [5, 5.41) is 3.36. The van der Waals surface area contributed by atoms with E-state index in [0.717, 1.165) is 43.3 Å². The normalized spacial score (nSPS) is 17.5. The summed E-state index contributed by atoms with van der Waals surface area (Å²) in [7, 11) is 0.508. The van der Waals surface area contributed by atoms with E-state index in [1.165, 1.54) is 0 Å². The number of hydrogen-bond acceptors (Lipinski definition) is 4. The summed E-state index contributed by atoms with van der Waals surface area (Å²) in [4.78, 5) is 6.46. The highest BCUT2D eigenvalue weighted by Gasteiger charge is 2.19. The third-order valence-corrected chi connectivity index (χ3v) is 5.92. The minimum absolute atomic E-state index is 0. The molecule has 1 saturated heterocycles. The third-order valence-electron chi connectivity index (χ3n) is 4.37. The largest absolute Gasteiger partial charge is 0.381 e. The van der Waals surface area contributed by atoms with Gasteiger partial charge in [-0.25, -0.2) is 13.1 Å². The van der Waals surface area contributed by atoms with E-state index in [0.29, 0.717) is 12.5 Å². The minimum Gasteiger partial charge on any atom is -0.381 e. The summed E-state index contributed by atoms with van der Waals surface area (Å²) in [5.74, 6) is 1.39. The molecule has 9 heteroatoms. The Kier molecular flexibility index (Phi) is 10.7. The molecule has 0 aromatic heterocycles. The van der Waals surface area contributed by atoms with Crippen LogP contribution in [-0.4, -0.2) is 59.2 Å².